The lowest BCUT2D eigenvalue weighted by atomic mass is 9.87. The second-order valence-corrected chi connectivity index (χ2v) is 9.38. The maximum atomic E-state index is 14.3. The highest BCUT2D eigenvalue weighted by atomic mass is 32.2. The van der Waals surface area contributed by atoms with E-state index < -0.39 is 44.6 Å². The summed E-state index contributed by atoms with van der Waals surface area (Å²) in [4.78, 5) is -0.264. The molecule has 0 radical (unpaired) electrons. The van der Waals surface area contributed by atoms with Crippen LogP contribution in [0.15, 0.2) is 47.4 Å². The maximum Gasteiger partial charge on any atom is 0.573 e. The normalized spacial score (nSPS) is 21.1. The summed E-state index contributed by atoms with van der Waals surface area (Å²) in [6, 6.07) is 6.90. The van der Waals surface area contributed by atoms with E-state index in [2.05, 4.69) is 9.46 Å². The van der Waals surface area contributed by atoms with Crippen LogP contribution >= 0.6 is 0 Å². The van der Waals surface area contributed by atoms with Crippen molar-refractivity contribution in [3.8, 4) is 5.75 Å². The fraction of sp³-hybridized carbons (Fsp3) is 0.368. The topological polar surface area (TPSA) is 55.4 Å². The minimum atomic E-state index is -4.89. The van der Waals surface area contributed by atoms with Crippen LogP contribution in [0.4, 0.5) is 22.0 Å². The molecule has 4 nitrogen and oxygen atoms in total. The number of halogens is 5. The molecule has 0 saturated heterocycles. The van der Waals surface area contributed by atoms with Gasteiger partial charge in [0.2, 0.25) is 10.0 Å². The van der Waals surface area contributed by atoms with E-state index in [-0.39, 0.29) is 17.0 Å². The number of ether oxygens (including phenoxy) is 1. The summed E-state index contributed by atoms with van der Waals surface area (Å²) in [5.41, 5.74) is -1.09. The molecule has 2 aromatic rings. The average Bonchev–Trinajstić information content (AvgIpc) is 3.14. The smallest absolute Gasteiger partial charge is 0.406 e. The molecule has 3 rings (SSSR count). The van der Waals surface area contributed by atoms with Crippen LogP contribution in [-0.2, 0) is 15.4 Å². The van der Waals surface area contributed by atoms with Crippen molar-refractivity contribution in [3.63, 3.8) is 0 Å². The first-order valence-corrected chi connectivity index (χ1v) is 10.1. The Bertz CT molecular complexity index is 1020. The molecule has 29 heavy (non-hydrogen) atoms. The highest BCUT2D eigenvalue weighted by Crippen LogP contribution is 2.64. The van der Waals surface area contributed by atoms with Crippen LogP contribution in [0.5, 0.6) is 5.75 Å². The van der Waals surface area contributed by atoms with Gasteiger partial charge in [0.1, 0.15) is 17.4 Å². The van der Waals surface area contributed by atoms with Gasteiger partial charge in [0, 0.05) is 18.0 Å². The van der Waals surface area contributed by atoms with Crippen LogP contribution in [0.3, 0.4) is 0 Å². The second-order valence-electron chi connectivity index (χ2n) is 7.61. The van der Waals surface area contributed by atoms with Gasteiger partial charge in [-0.1, -0.05) is 19.9 Å². The molecule has 1 N–H and O–H groups in total. The Balaban J connectivity index is 1.80. The van der Waals surface area contributed by atoms with E-state index in [9.17, 15) is 30.4 Å². The van der Waals surface area contributed by atoms with Gasteiger partial charge in [-0.3, -0.25) is 0 Å². The molecule has 1 aliphatic carbocycles. The molecule has 10 heteroatoms. The van der Waals surface area contributed by atoms with Crippen LogP contribution in [-0.4, -0.2) is 21.3 Å². The first-order valence-electron chi connectivity index (χ1n) is 8.57. The van der Waals surface area contributed by atoms with Gasteiger partial charge in [0.25, 0.3) is 0 Å². The minimum Gasteiger partial charge on any atom is -0.406 e. The first kappa shape index (κ1) is 21.5. The summed E-state index contributed by atoms with van der Waals surface area (Å²) in [6.45, 7) is 3.53. The Morgan fingerprint density at radius 2 is 1.66 bits per heavy atom. The lowest BCUT2D eigenvalue weighted by Gasteiger charge is -2.22. The first-order chi connectivity index (χ1) is 13.3. The fourth-order valence-electron chi connectivity index (χ4n) is 3.57. The van der Waals surface area contributed by atoms with Gasteiger partial charge >= 0.3 is 6.36 Å². The zero-order chi connectivity index (χ0) is 21.7. The molecule has 0 spiro atoms. The van der Waals surface area contributed by atoms with E-state index in [1.807, 2.05) is 13.8 Å². The summed E-state index contributed by atoms with van der Waals surface area (Å²) >= 11 is 0. The van der Waals surface area contributed by atoms with E-state index in [0.29, 0.717) is 6.42 Å². The lowest BCUT2D eigenvalue weighted by molar-refractivity contribution is -0.274. The molecular formula is C19H18F5NO3S. The van der Waals surface area contributed by atoms with Gasteiger partial charge in [0.05, 0.1) is 4.90 Å². The summed E-state index contributed by atoms with van der Waals surface area (Å²) in [5.74, 6) is -2.05. The predicted octanol–water partition coefficient (Wildman–Crippen LogP) is 4.51. The Labute approximate surface area is 164 Å². The Morgan fingerprint density at radius 1 is 1.07 bits per heavy atom. The summed E-state index contributed by atoms with van der Waals surface area (Å²) in [5, 5.41) is 0. The van der Waals surface area contributed by atoms with Crippen molar-refractivity contribution in [1.82, 2.24) is 4.72 Å². The molecule has 0 amide bonds. The summed E-state index contributed by atoms with van der Waals surface area (Å²) < 4.78 is 95.5. The number of nitrogens with one attached hydrogen (secondary N) is 1. The van der Waals surface area contributed by atoms with Crippen molar-refractivity contribution in [2.45, 2.75) is 36.9 Å². The zero-order valence-electron chi connectivity index (χ0n) is 15.5. The van der Waals surface area contributed by atoms with Crippen LogP contribution in [0.25, 0.3) is 0 Å². The molecule has 0 aromatic heterocycles. The summed E-state index contributed by atoms with van der Waals surface area (Å²) in [7, 11) is -4.08. The van der Waals surface area contributed by atoms with Crippen molar-refractivity contribution in [2.24, 2.45) is 5.41 Å². The van der Waals surface area contributed by atoms with Gasteiger partial charge in [-0.15, -0.1) is 13.2 Å². The van der Waals surface area contributed by atoms with Gasteiger partial charge in [0.15, 0.2) is 0 Å². The van der Waals surface area contributed by atoms with Crippen molar-refractivity contribution in [1.29, 1.82) is 0 Å². The van der Waals surface area contributed by atoms with Gasteiger partial charge in [-0.05, 0) is 47.7 Å². The molecule has 0 bridgehead atoms. The highest BCUT2D eigenvalue weighted by molar-refractivity contribution is 7.89. The van der Waals surface area contributed by atoms with E-state index in [0.717, 1.165) is 36.4 Å². The Morgan fingerprint density at radius 3 is 2.14 bits per heavy atom. The standard InChI is InChI=1S/C19H18F5NO3S/c1-17(2)10-18(17,15-8-3-12(20)9-16(15)21)11-25-29(26,27)14-6-4-13(5-7-14)28-19(22,23)24/h3-9,25H,10-11H2,1-2H3. The third kappa shape index (κ3) is 4.37. The highest BCUT2D eigenvalue weighted by Gasteiger charge is 2.63. The minimum absolute atomic E-state index is 0.147. The fourth-order valence-corrected chi connectivity index (χ4v) is 4.66. The molecule has 1 aliphatic rings. The SMILES string of the molecule is CC1(C)CC1(CNS(=O)(=O)c1ccc(OC(F)(F)F)cc1)c1ccc(F)cc1F. The number of hydrogen-bond donors (Lipinski definition) is 1. The molecule has 0 aliphatic heterocycles. The molecule has 1 atom stereocenters. The number of benzene rings is 2. The van der Waals surface area contributed by atoms with Crippen LogP contribution < -0.4 is 9.46 Å². The monoisotopic (exact) mass is 435 g/mol. The molecule has 0 heterocycles. The van der Waals surface area contributed by atoms with Crippen molar-refractivity contribution >= 4 is 10.0 Å². The van der Waals surface area contributed by atoms with Crippen molar-refractivity contribution < 1.29 is 35.1 Å². The quantitative estimate of drug-likeness (QED) is 0.680. The third-order valence-corrected chi connectivity index (χ3v) is 6.71. The number of hydrogen-bond acceptors (Lipinski definition) is 3. The molecule has 2 aromatic carbocycles. The van der Waals surface area contributed by atoms with Gasteiger partial charge < -0.3 is 4.74 Å². The third-order valence-electron chi connectivity index (χ3n) is 5.29. The number of alkyl halides is 3. The average molecular weight is 435 g/mol. The largest absolute Gasteiger partial charge is 0.573 e. The van der Waals surface area contributed by atoms with Crippen LogP contribution in [0.2, 0.25) is 0 Å². The van der Waals surface area contributed by atoms with E-state index in [1.165, 1.54) is 6.07 Å². The lowest BCUT2D eigenvalue weighted by Crippen LogP contribution is -2.35. The van der Waals surface area contributed by atoms with Gasteiger partial charge in [-0.25, -0.2) is 21.9 Å². The Hall–Kier alpha value is -2.20. The molecule has 1 unspecified atom stereocenters. The van der Waals surface area contributed by atoms with E-state index in [4.69, 9.17) is 0 Å². The van der Waals surface area contributed by atoms with Crippen molar-refractivity contribution in [2.75, 3.05) is 6.54 Å². The number of rotatable bonds is 6. The van der Waals surface area contributed by atoms with Gasteiger partial charge in [-0.2, -0.15) is 0 Å². The Kier molecular flexibility index (Phi) is 5.15. The summed E-state index contributed by atoms with van der Waals surface area (Å²) in [6.07, 6.45) is -4.41. The molecule has 1 saturated carbocycles. The van der Waals surface area contributed by atoms with Crippen molar-refractivity contribution in [3.05, 3.63) is 59.7 Å². The number of sulfonamides is 1. The molecular weight excluding hydrogens is 417 g/mol. The van der Waals surface area contributed by atoms with Crippen LogP contribution in [0, 0.1) is 17.0 Å². The molecule has 1 fully saturated rings. The predicted molar refractivity (Wildman–Crippen MR) is 94.7 cm³/mol. The molecule has 158 valence electrons. The van der Waals surface area contributed by atoms with E-state index in [1.54, 1.807) is 0 Å². The van der Waals surface area contributed by atoms with E-state index >= 15 is 0 Å². The van der Waals surface area contributed by atoms with Crippen LogP contribution in [0.1, 0.15) is 25.8 Å². The maximum absolute atomic E-state index is 14.3. The zero-order valence-corrected chi connectivity index (χ0v) is 16.3. The second kappa shape index (κ2) is 6.94.